The van der Waals surface area contributed by atoms with E-state index in [9.17, 15) is 0 Å². The zero-order valence-corrected chi connectivity index (χ0v) is 63.0. The fourth-order valence-corrected chi connectivity index (χ4v) is 17.0. The lowest BCUT2D eigenvalue weighted by Gasteiger charge is -2.46. The van der Waals surface area contributed by atoms with Crippen LogP contribution in [0.5, 0.6) is 11.5 Å². The number of benzene rings is 2. The van der Waals surface area contributed by atoms with Crippen molar-refractivity contribution in [3.8, 4) is 11.5 Å². The van der Waals surface area contributed by atoms with E-state index in [0.717, 1.165) is 76.1 Å². The standard InChI is InChI=1S/C83H150O6P2/c1-7-11-15-19-23-27-31-35-39-43-47-51-55-75-57-65-79(66-58-75)87-91(88-80-67-59-76(60-68-80)56-52-48-44-40-36-32-28-24-20-16-12-8-2)89-82-71-63-78(64-72-82)83(5,6)77-61-69-81(70-62-77)86-90(84-73-53-49-45-41-37-33-29-25-21-17-13-9-3)85-74-54-50-46-42-38-34-30-26-22-18-14-10-4/h57-60,65-68,77-78,81-82H,7-56,61-64,69-74H2,1-6H3. The molecule has 8 heteroatoms. The van der Waals surface area contributed by atoms with E-state index in [1.165, 1.54) is 332 Å². The Hall–Kier alpha value is -1.26. The average molecular weight is 1310 g/mol. The van der Waals surface area contributed by atoms with Crippen molar-refractivity contribution in [1.29, 1.82) is 0 Å². The SMILES string of the molecule is CCCCCCCCCCCCCCOP(OCCCCCCCCCCCCCC)OC1CCC(C(C)(C)C2CCC(OP(Oc3ccc(CCCCCCCCCCCCCC)cc3)Oc3ccc(CCCCCCCCCCCCCC)cc3)CC2)CC1. The van der Waals surface area contributed by atoms with Gasteiger partial charge in [0.15, 0.2) is 0 Å². The smallest absolute Gasteiger partial charge is 0.418 e. The van der Waals surface area contributed by atoms with Crippen LogP contribution < -0.4 is 9.05 Å². The molecular weight excluding hydrogens is 1150 g/mol. The highest BCUT2D eigenvalue weighted by atomic mass is 31.2. The Morgan fingerprint density at radius 2 is 0.516 bits per heavy atom. The third-order valence-corrected chi connectivity index (χ3v) is 23.6. The minimum atomic E-state index is -1.63. The number of rotatable bonds is 64. The zero-order chi connectivity index (χ0) is 64.6. The molecule has 2 saturated carbocycles. The lowest BCUT2D eigenvalue weighted by molar-refractivity contribution is 0.00530. The highest BCUT2D eigenvalue weighted by molar-refractivity contribution is 7.42. The fraction of sp³-hybridized carbons (Fsp3) is 0.855. The predicted octanol–water partition coefficient (Wildman–Crippen LogP) is 29.7. The van der Waals surface area contributed by atoms with E-state index in [2.05, 4.69) is 90.1 Å². The summed E-state index contributed by atoms with van der Waals surface area (Å²) in [5.41, 5.74) is 3.05. The molecule has 0 unspecified atom stereocenters. The van der Waals surface area contributed by atoms with Crippen molar-refractivity contribution in [1.82, 2.24) is 0 Å². The van der Waals surface area contributed by atoms with Gasteiger partial charge in [-0.05, 0) is 143 Å². The van der Waals surface area contributed by atoms with Crippen LogP contribution in [0.2, 0.25) is 0 Å². The monoisotopic (exact) mass is 1310 g/mol. The molecule has 0 bridgehead atoms. The van der Waals surface area contributed by atoms with Crippen LogP contribution in [0.3, 0.4) is 0 Å². The molecular formula is C83H150O6P2. The van der Waals surface area contributed by atoms with Gasteiger partial charge in [0, 0.05) is 0 Å². The Balaban J connectivity index is 1.23. The first-order chi connectivity index (χ1) is 44.8. The van der Waals surface area contributed by atoms with Crippen molar-refractivity contribution in [2.75, 3.05) is 13.2 Å². The van der Waals surface area contributed by atoms with Gasteiger partial charge in [0.1, 0.15) is 11.5 Å². The van der Waals surface area contributed by atoms with Crippen LogP contribution in [0.4, 0.5) is 0 Å². The Bertz CT molecular complexity index is 1740. The van der Waals surface area contributed by atoms with Gasteiger partial charge in [0.2, 0.25) is 0 Å². The molecule has 0 aliphatic heterocycles. The van der Waals surface area contributed by atoms with Crippen LogP contribution in [-0.2, 0) is 30.9 Å². The van der Waals surface area contributed by atoms with Crippen LogP contribution in [0.25, 0.3) is 0 Å². The summed E-state index contributed by atoms with van der Waals surface area (Å²) in [6, 6.07) is 17.7. The molecule has 2 aromatic carbocycles. The molecule has 0 heterocycles. The van der Waals surface area contributed by atoms with Crippen LogP contribution in [0.1, 0.15) is 412 Å². The van der Waals surface area contributed by atoms with Crippen LogP contribution in [0, 0.1) is 17.3 Å². The molecule has 0 saturated heterocycles. The minimum Gasteiger partial charge on any atom is -0.418 e. The highest BCUT2D eigenvalue weighted by Crippen LogP contribution is 2.53. The molecule has 0 N–H and O–H groups in total. The van der Waals surface area contributed by atoms with Gasteiger partial charge in [0.05, 0.1) is 25.4 Å². The van der Waals surface area contributed by atoms with Crippen LogP contribution in [-0.4, -0.2) is 25.4 Å². The molecule has 2 aliphatic carbocycles. The molecule has 6 nitrogen and oxygen atoms in total. The second-order valence-corrected chi connectivity index (χ2v) is 31.8. The summed E-state index contributed by atoms with van der Waals surface area (Å²) in [6.07, 6.45) is 77.4. The lowest BCUT2D eigenvalue weighted by atomic mass is 9.60. The van der Waals surface area contributed by atoms with Gasteiger partial charge in [-0.3, -0.25) is 4.52 Å². The molecule has 91 heavy (non-hydrogen) atoms. The quantitative estimate of drug-likeness (QED) is 0.0486. The van der Waals surface area contributed by atoms with E-state index in [-0.39, 0.29) is 17.6 Å². The van der Waals surface area contributed by atoms with Gasteiger partial charge >= 0.3 is 17.2 Å². The van der Waals surface area contributed by atoms with Gasteiger partial charge in [-0.25, -0.2) is 0 Å². The normalized spacial score (nSPS) is 17.2. The zero-order valence-electron chi connectivity index (χ0n) is 61.2. The van der Waals surface area contributed by atoms with Crippen molar-refractivity contribution in [3.63, 3.8) is 0 Å². The number of unbranched alkanes of at least 4 members (excludes halogenated alkanes) is 44. The van der Waals surface area contributed by atoms with Gasteiger partial charge in [-0.1, -0.05) is 348 Å². The molecule has 0 atom stereocenters. The summed E-state index contributed by atoms with van der Waals surface area (Å²) in [5, 5.41) is 0. The third-order valence-electron chi connectivity index (χ3n) is 21.2. The molecule has 4 rings (SSSR count). The van der Waals surface area contributed by atoms with Crippen molar-refractivity contribution in [2.24, 2.45) is 17.3 Å². The van der Waals surface area contributed by atoms with Gasteiger partial charge in [-0.15, -0.1) is 0 Å². The van der Waals surface area contributed by atoms with E-state index in [4.69, 9.17) is 27.1 Å². The number of hydrogen-bond donors (Lipinski definition) is 0. The van der Waals surface area contributed by atoms with E-state index in [1.807, 2.05) is 0 Å². The Labute approximate surface area is 569 Å². The topological polar surface area (TPSA) is 55.4 Å². The first-order valence-corrected chi connectivity index (χ1v) is 42.8. The fourth-order valence-electron chi connectivity index (χ4n) is 14.7. The minimum absolute atomic E-state index is 0.126. The van der Waals surface area contributed by atoms with Gasteiger partial charge < -0.3 is 22.6 Å². The molecule has 2 fully saturated rings. The summed E-state index contributed by atoms with van der Waals surface area (Å²) < 4.78 is 40.2. The second kappa shape index (κ2) is 57.8. The first kappa shape index (κ1) is 82.2. The Morgan fingerprint density at radius 1 is 0.286 bits per heavy atom. The predicted molar refractivity (Wildman–Crippen MR) is 399 cm³/mol. The molecule has 0 spiro atoms. The second-order valence-electron chi connectivity index (χ2n) is 29.6. The van der Waals surface area contributed by atoms with Gasteiger partial charge in [-0.2, -0.15) is 0 Å². The Kier molecular flexibility index (Phi) is 52.2. The van der Waals surface area contributed by atoms with Crippen molar-refractivity contribution >= 4 is 17.2 Å². The lowest BCUT2D eigenvalue weighted by Crippen LogP contribution is -2.38. The van der Waals surface area contributed by atoms with Crippen LogP contribution >= 0.6 is 17.2 Å². The molecule has 528 valence electrons. The molecule has 0 aromatic heterocycles. The summed E-state index contributed by atoms with van der Waals surface area (Å²) in [7, 11) is -2.95. The number of hydrogen-bond acceptors (Lipinski definition) is 6. The summed E-state index contributed by atoms with van der Waals surface area (Å²) >= 11 is 0. The maximum Gasteiger partial charge on any atom is 0.463 e. The maximum atomic E-state index is 6.95. The highest BCUT2D eigenvalue weighted by Gasteiger charge is 2.42. The molecule has 0 amide bonds. The largest absolute Gasteiger partial charge is 0.463 e. The maximum absolute atomic E-state index is 6.95. The average Bonchev–Trinajstić information content (AvgIpc) is 3.37. The Morgan fingerprint density at radius 3 is 0.780 bits per heavy atom. The van der Waals surface area contributed by atoms with E-state index >= 15 is 0 Å². The van der Waals surface area contributed by atoms with E-state index < -0.39 is 17.2 Å². The summed E-state index contributed by atoms with van der Waals surface area (Å²) in [4.78, 5) is 0. The van der Waals surface area contributed by atoms with Crippen LogP contribution in [0.15, 0.2) is 48.5 Å². The third kappa shape index (κ3) is 42.9. The number of aryl methyl sites for hydroxylation is 2. The first-order valence-electron chi connectivity index (χ1n) is 40.6. The van der Waals surface area contributed by atoms with Crippen molar-refractivity contribution < 1.29 is 27.1 Å². The van der Waals surface area contributed by atoms with Crippen molar-refractivity contribution in [3.05, 3.63) is 59.7 Å². The van der Waals surface area contributed by atoms with E-state index in [0.29, 0.717) is 11.8 Å². The molecule has 2 aromatic rings. The van der Waals surface area contributed by atoms with Gasteiger partial charge in [0.25, 0.3) is 0 Å². The molecule has 0 radical (unpaired) electrons. The van der Waals surface area contributed by atoms with E-state index in [1.54, 1.807) is 0 Å². The summed E-state index contributed by atoms with van der Waals surface area (Å²) in [5.74, 6) is 3.05. The summed E-state index contributed by atoms with van der Waals surface area (Å²) in [6.45, 7) is 15.9. The van der Waals surface area contributed by atoms with Crippen molar-refractivity contribution in [2.45, 2.75) is 426 Å². The molecule has 2 aliphatic rings.